The van der Waals surface area contributed by atoms with Crippen molar-refractivity contribution >= 4 is 11.9 Å². The van der Waals surface area contributed by atoms with Gasteiger partial charge in [-0.3, -0.25) is 0 Å². The first-order valence-electron chi connectivity index (χ1n) is 7.00. The summed E-state index contributed by atoms with van der Waals surface area (Å²) in [6.45, 7) is 4.12. The van der Waals surface area contributed by atoms with Crippen LogP contribution in [-0.4, -0.2) is 34.5 Å². The van der Waals surface area contributed by atoms with Crippen molar-refractivity contribution in [3.63, 3.8) is 0 Å². The molecule has 1 heterocycles. The van der Waals surface area contributed by atoms with E-state index in [1.807, 2.05) is 13.8 Å². The van der Waals surface area contributed by atoms with Crippen molar-refractivity contribution in [2.24, 2.45) is 11.8 Å². The molecule has 1 aliphatic rings. The van der Waals surface area contributed by atoms with Gasteiger partial charge in [0.05, 0.1) is 0 Å². The van der Waals surface area contributed by atoms with Gasteiger partial charge in [-0.25, -0.2) is 4.31 Å². The third kappa shape index (κ3) is 4.21. The Bertz CT molecular complexity index is 344. The summed E-state index contributed by atoms with van der Waals surface area (Å²) < 4.78 is 80.1. The zero-order chi connectivity index (χ0) is 16.5. The average molecular weight is 337 g/mol. The maximum absolute atomic E-state index is 13.5. The lowest BCUT2D eigenvalue weighted by Crippen LogP contribution is -2.52. The molecule has 1 fully saturated rings. The molecule has 1 saturated heterocycles. The molecule has 21 heavy (non-hydrogen) atoms. The number of piperidine rings is 1. The van der Waals surface area contributed by atoms with Gasteiger partial charge in [-0.1, -0.05) is 26.7 Å². The molecule has 0 aliphatic carbocycles. The fourth-order valence-electron chi connectivity index (χ4n) is 2.51. The van der Waals surface area contributed by atoms with Crippen LogP contribution in [-0.2, 0) is 0 Å². The van der Waals surface area contributed by atoms with E-state index < -0.39 is 29.0 Å². The molecule has 0 aromatic rings. The first-order chi connectivity index (χ1) is 9.42. The van der Waals surface area contributed by atoms with Gasteiger partial charge in [0, 0.05) is 32.0 Å². The molecular weight excluding hydrogens is 316 g/mol. The van der Waals surface area contributed by atoms with Gasteiger partial charge < -0.3 is 0 Å². The molecule has 126 valence electrons. The Balaban J connectivity index is 2.69. The summed E-state index contributed by atoms with van der Waals surface area (Å²) in [4.78, 5) is 0. The van der Waals surface area contributed by atoms with E-state index in [-0.39, 0.29) is 25.9 Å². The molecule has 0 bridgehead atoms. The Morgan fingerprint density at radius 2 is 1.71 bits per heavy atom. The van der Waals surface area contributed by atoms with E-state index in [0.717, 1.165) is 17.1 Å². The minimum absolute atomic E-state index is 0.0813. The Labute approximate surface area is 125 Å². The highest BCUT2D eigenvalue weighted by Crippen LogP contribution is 2.52. The number of rotatable bonds is 6. The minimum atomic E-state index is -5.38. The molecule has 0 aromatic heterocycles. The summed E-state index contributed by atoms with van der Waals surface area (Å²) in [5.74, 6) is -9.70. The third-order valence-electron chi connectivity index (χ3n) is 3.87. The van der Waals surface area contributed by atoms with Crippen LogP contribution in [0.1, 0.15) is 40.0 Å². The normalized spacial score (nSPS) is 26.1. The van der Waals surface area contributed by atoms with Gasteiger partial charge in [0.15, 0.2) is 0 Å². The summed E-state index contributed by atoms with van der Waals surface area (Å²) in [5.41, 5.74) is 0. The molecule has 0 N–H and O–H groups in total. The predicted octanol–water partition coefficient (Wildman–Crippen LogP) is 5.28. The molecule has 0 saturated carbocycles. The maximum Gasteiger partial charge on any atom is 0.382 e. The Morgan fingerprint density at radius 1 is 1.14 bits per heavy atom. The molecule has 2 atom stereocenters. The van der Waals surface area contributed by atoms with Crippen LogP contribution in [0.4, 0.5) is 26.3 Å². The zero-order valence-corrected chi connectivity index (χ0v) is 13.1. The van der Waals surface area contributed by atoms with E-state index in [1.54, 1.807) is 0 Å². The zero-order valence-electron chi connectivity index (χ0n) is 12.3. The Hall–Kier alpha value is -0.110. The van der Waals surface area contributed by atoms with E-state index in [0.29, 0.717) is 12.3 Å². The number of alkyl halides is 6. The van der Waals surface area contributed by atoms with Gasteiger partial charge in [-0.2, -0.15) is 26.3 Å². The van der Waals surface area contributed by atoms with Gasteiger partial charge in [0.25, 0.3) is 0 Å². The summed E-state index contributed by atoms with van der Waals surface area (Å²) in [6, 6.07) is 0. The fraction of sp³-hybridized carbons (Fsp3) is 1.00. The predicted molar refractivity (Wildman–Crippen MR) is 71.9 cm³/mol. The van der Waals surface area contributed by atoms with Crippen molar-refractivity contribution in [2.75, 3.05) is 13.1 Å². The van der Waals surface area contributed by atoms with Crippen LogP contribution in [0, 0.1) is 11.8 Å². The highest BCUT2D eigenvalue weighted by molar-refractivity contribution is 7.98. The van der Waals surface area contributed by atoms with E-state index in [2.05, 4.69) is 0 Å². The first-order valence-corrected chi connectivity index (χ1v) is 7.77. The second kappa shape index (κ2) is 6.56. The topological polar surface area (TPSA) is 3.24 Å². The summed E-state index contributed by atoms with van der Waals surface area (Å²) in [5, 5.41) is -4.83. The molecule has 2 unspecified atom stereocenters. The fourth-order valence-corrected chi connectivity index (χ4v) is 3.64. The molecule has 8 heteroatoms. The lowest BCUT2D eigenvalue weighted by Gasteiger charge is -2.39. The molecule has 0 amide bonds. The lowest BCUT2D eigenvalue weighted by molar-refractivity contribution is -0.269. The van der Waals surface area contributed by atoms with Gasteiger partial charge >= 0.3 is 17.1 Å². The highest BCUT2D eigenvalue weighted by Gasteiger charge is 2.70. The van der Waals surface area contributed by atoms with Crippen molar-refractivity contribution in [3.05, 3.63) is 0 Å². The number of halogens is 6. The van der Waals surface area contributed by atoms with Crippen molar-refractivity contribution in [1.29, 1.82) is 0 Å². The molecule has 1 rings (SSSR count). The standard InChI is InChI=1S/C13H21F6NS/c1-4-5-10-6-7-20(8-9(10)2)21-13(18,19)12(16,17)11(3,14)15/h9-10H,4-8H2,1-3H3. The third-order valence-corrected chi connectivity index (χ3v) is 4.94. The smallest absolute Gasteiger partial charge is 0.245 e. The SMILES string of the molecule is CCCC1CCN(SC(F)(F)C(F)(F)C(C)(F)F)CC1C. The van der Waals surface area contributed by atoms with Crippen LogP contribution >= 0.6 is 11.9 Å². The quantitative estimate of drug-likeness (QED) is 0.479. The first kappa shape index (κ1) is 18.9. The highest BCUT2D eigenvalue weighted by atomic mass is 32.2. The average Bonchev–Trinajstić information content (AvgIpc) is 2.30. The molecule has 1 aliphatic heterocycles. The summed E-state index contributed by atoms with van der Waals surface area (Å²) >= 11 is -0.449. The number of nitrogens with zero attached hydrogens (tertiary/aromatic N) is 1. The van der Waals surface area contributed by atoms with Crippen molar-refractivity contribution in [3.8, 4) is 0 Å². The van der Waals surface area contributed by atoms with Crippen LogP contribution in [0.2, 0.25) is 0 Å². The number of hydrogen-bond acceptors (Lipinski definition) is 2. The van der Waals surface area contributed by atoms with Gasteiger partial charge in [-0.15, -0.1) is 0 Å². The molecule has 0 aromatic carbocycles. The second-order valence-electron chi connectivity index (χ2n) is 5.77. The second-order valence-corrected chi connectivity index (χ2v) is 6.99. The van der Waals surface area contributed by atoms with Crippen LogP contribution in [0.5, 0.6) is 0 Å². The van der Waals surface area contributed by atoms with Crippen molar-refractivity contribution < 1.29 is 26.3 Å². The molecular formula is C13H21F6NS. The van der Waals surface area contributed by atoms with Gasteiger partial charge in [0.1, 0.15) is 0 Å². The summed E-state index contributed by atoms with van der Waals surface area (Å²) in [6.07, 6.45) is 2.55. The van der Waals surface area contributed by atoms with Gasteiger partial charge in [0.2, 0.25) is 0 Å². The largest absolute Gasteiger partial charge is 0.382 e. The van der Waals surface area contributed by atoms with Crippen LogP contribution in [0.25, 0.3) is 0 Å². The minimum Gasteiger partial charge on any atom is -0.245 e. The van der Waals surface area contributed by atoms with Gasteiger partial charge in [-0.05, 0) is 18.3 Å². The lowest BCUT2D eigenvalue weighted by atomic mass is 9.85. The van der Waals surface area contributed by atoms with E-state index in [4.69, 9.17) is 0 Å². The van der Waals surface area contributed by atoms with Crippen molar-refractivity contribution in [2.45, 2.75) is 57.1 Å². The molecule has 0 radical (unpaired) electrons. The van der Waals surface area contributed by atoms with Crippen LogP contribution in [0.3, 0.4) is 0 Å². The maximum atomic E-state index is 13.5. The Morgan fingerprint density at radius 3 is 2.14 bits per heavy atom. The molecule has 1 nitrogen and oxygen atoms in total. The number of hydrogen-bond donors (Lipinski definition) is 0. The Kier molecular flexibility index (Phi) is 5.92. The van der Waals surface area contributed by atoms with E-state index in [9.17, 15) is 26.3 Å². The molecule has 0 spiro atoms. The van der Waals surface area contributed by atoms with Crippen LogP contribution < -0.4 is 0 Å². The van der Waals surface area contributed by atoms with Crippen molar-refractivity contribution in [1.82, 2.24) is 4.31 Å². The van der Waals surface area contributed by atoms with E-state index >= 15 is 0 Å². The summed E-state index contributed by atoms with van der Waals surface area (Å²) in [7, 11) is 0. The van der Waals surface area contributed by atoms with E-state index in [1.165, 1.54) is 0 Å². The van der Waals surface area contributed by atoms with Crippen LogP contribution in [0.15, 0.2) is 0 Å². The monoisotopic (exact) mass is 337 g/mol.